The molecule has 1 aliphatic rings. The zero-order valence-corrected chi connectivity index (χ0v) is 13.8. The summed E-state index contributed by atoms with van der Waals surface area (Å²) in [5.41, 5.74) is -2.61. The highest BCUT2D eigenvalue weighted by Gasteiger charge is 2.44. The molecule has 1 aromatic heterocycles. The van der Waals surface area contributed by atoms with E-state index in [4.69, 9.17) is 5.11 Å². The van der Waals surface area contributed by atoms with Crippen LogP contribution in [0.15, 0.2) is 24.3 Å². The fraction of sp³-hybridized carbons (Fsp3) is 0.375. The predicted octanol–water partition coefficient (Wildman–Crippen LogP) is 2.50. The minimum Gasteiger partial charge on any atom is -0.481 e. The SMILES string of the molecule is O=C(O)CC1CCCN1C(=O)c1nnn(-c2cccc(F)c2)c1C(F)(F)F. The molecule has 2 aromatic rings. The molecule has 1 fully saturated rings. The molecule has 11 heteroatoms. The van der Waals surface area contributed by atoms with Gasteiger partial charge in [0.05, 0.1) is 12.1 Å². The number of carboxylic acid groups (broad SMARTS) is 1. The first kappa shape index (κ1) is 18.8. The van der Waals surface area contributed by atoms with Gasteiger partial charge in [-0.1, -0.05) is 11.3 Å². The van der Waals surface area contributed by atoms with Crippen LogP contribution in [0, 0.1) is 5.82 Å². The van der Waals surface area contributed by atoms with Crippen LogP contribution in [-0.4, -0.2) is 49.5 Å². The van der Waals surface area contributed by atoms with Crippen LogP contribution >= 0.6 is 0 Å². The molecule has 1 N–H and O–H groups in total. The fourth-order valence-electron chi connectivity index (χ4n) is 3.12. The van der Waals surface area contributed by atoms with E-state index in [0.717, 1.165) is 17.0 Å². The number of hydrogen-bond donors (Lipinski definition) is 1. The van der Waals surface area contributed by atoms with Gasteiger partial charge in [-0.2, -0.15) is 13.2 Å². The van der Waals surface area contributed by atoms with Crippen molar-refractivity contribution < 1.29 is 32.3 Å². The molecule has 1 unspecified atom stereocenters. The van der Waals surface area contributed by atoms with E-state index in [0.29, 0.717) is 17.5 Å². The maximum atomic E-state index is 13.6. The average molecular weight is 386 g/mol. The molecule has 1 aromatic carbocycles. The van der Waals surface area contributed by atoms with Gasteiger partial charge in [-0.05, 0) is 31.0 Å². The first-order valence-corrected chi connectivity index (χ1v) is 8.00. The Bertz CT molecular complexity index is 881. The minimum atomic E-state index is -4.98. The first-order chi connectivity index (χ1) is 12.7. The molecular weight excluding hydrogens is 372 g/mol. The molecule has 0 saturated carbocycles. The van der Waals surface area contributed by atoms with Crippen LogP contribution in [0.5, 0.6) is 0 Å². The number of halogens is 4. The largest absolute Gasteiger partial charge is 0.481 e. The topological polar surface area (TPSA) is 88.3 Å². The van der Waals surface area contributed by atoms with Crippen molar-refractivity contribution in [3.63, 3.8) is 0 Å². The molecule has 2 heterocycles. The predicted molar refractivity (Wildman–Crippen MR) is 82.6 cm³/mol. The Morgan fingerprint density at radius 1 is 1.30 bits per heavy atom. The zero-order chi connectivity index (χ0) is 19.8. The minimum absolute atomic E-state index is 0.126. The molecule has 1 amide bonds. The molecule has 144 valence electrons. The maximum absolute atomic E-state index is 13.6. The average Bonchev–Trinajstić information content (AvgIpc) is 3.20. The van der Waals surface area contributed by atoms with Crippen molar-refractivity contribution in [1.82, 2.24) is 19.9 Å². The van der Waals surface area contributed by atoms with Crippen molar-refractivity contribution in [1.29, 1.82) is 0 Å². The maximum Gasteiger partial charge on any atom is 0.435 e. The number of hydrogen-bond acceptors (Lipinski definition) is 4. The second kappa shape index (κ2) is 6.97. The van der Waals surface area contributed by atoms with Gasteiger partial charge in [-0.25, -0.2) is 9.07 Å². The fourth-order valence-corrected chi connectivity index (χ4v) is 3.12. The lowest BCUT2D eigenvalue weighted by atomic mass is 10.1. The summed E-state index contributed by atoms with van der Waals surface area (Å²) >= 11 is 0. The van der Waals surface area contributed by atoms with Gasteiger partial charge in [0, 0.05) is 12.6 Å². The Morgan fingerprint density at radius 3 is 2.67 bits per heavy atom. The van der Waals surface area contributed by atoms with E-state index in [-0.39, 0.29) is 18.7 Å². The summed E-state index contributed by atoms with van der Waals surface area (Å²) in [6, 6.07) is 3.58. The van der Waals surface area contributed by atoms with Crippen LogP contribution in [0.2, 0.25) is 0 Å². The molecule has 0 aliphatic carbocycles. The number of aromatic nitrogens is 3. The summed E-state index contributed by atoms with van der Waals surface area (Å²) in [5, 5.41) is 15.7. The smallest absolute Gasteiger partial charge is 0.435 e. The molecule has 0 radical (unpaired) electrons. The standard InChI is InChI=1S/C16H14F4N4O3/c17-9-3-1-4-11(7-9)24-14(16(18,19)20)13(21-22-24)15(27)23-6-2-5-10(23)8-12(25)26/h1,3-4,7,10H,2,5-6,8H2,(H,25,26). The number of nitrogens with zero attached hydrogens (tertiary/aromatic N) is 4. The summed E-state index contributed by atoms with van der Waals surface area (Å²) in [7, 11) is 0. The van der Waals surface area contributed by atoms with E-state index in [1.165, 1.54) is 12.1 Å². The van der Waals surface area contributed by atoms with Gasteiger partial charge >= 0.3 is 12.1 Å². The van der Waals surface area contributed by atoms with Crippen LogP contribution in [0.25, 0.3) is 5.69 Å². The van der Waals surface area contributed by atoms with Gasteiger partial charge in [0.2, 0.25) is 0 Å². The Balaban J connectivity index is 2.03. The lowest BCUT2D eigenvalue weighted by Gasteiger charge is -2.23. The van der Waals surface area contributed by atoms with Crippen LogP contribution in [-0.2, 0) is 11.0 Å². The number of aliphatic carboxylic acids is 1. The van der Waals surface area contributed by atoms with Gasteiger partial charge in [-0.15, -0.1) is 5.10 Å². The van der Waals surface area contributed by atoms with Crippen LogP contribution < -0.4 is 0 Å². The summed E-state index contributed by atoms with van der Waals surface area (Å²) in [4.78, 5) is 24.7. The van der Waals surface area contributed by atoms with E-state index in [1.54, 1.807) is 0 Å². The highest BCUT2D eigenvalue weighted by Crippen LogP contribution is 2.34. The highest BCUT2D eigenvalue weighted by molar-refractivity contribution is 5.94. The summed E-state index contributed by atoms with van der Waals surface area (Å²) < 4.78 is 54.6. The molecule has 1 saturated heterocycles. The third kappa shape index (κ3) is 3.76. The monoisotopic (exact) mass is 386 g/mol. The zero-order valence-electron chi connectivity index (χ0n) is 13.8. The van der Waals surface area contributed by atoms with Crippen molar-refractivity contribution in [2.75, 3.05) is 6.54 Å². The van der Waals surface area contributed by atoms with Crippen LogP contribution in [0.1, 0.15) is 35.4 Å². The lowest BCUT2D eigenvalue weighted by molar-refractivity contribution is -0.143. The number of rotatable bonds is 4. The van der Waals surface area contributed by atoms with E-state index < -0.39 is 41.3 Å². The Morgan fingerprint density at radius 2 is 2.04 bits per heavy atom. The van der Waals surface area contributed by atoms with Crippen molar-refractivity contribution in [3.05, 3.63) is 41.5 Å². The summed E-state index contributed by atoms with van der Waals surface area (Å²) in [6.07, 6.45) is -4.51. The second-order valence-electron chi connectivity index (χ2n) is 6.07. The molecule has 0 bridgehead atoms. The van der Waals surface area contributed by atoms with Gasteiger partial charge in [0.15, 0.2) is 11.4 Å². The first-order valence-electron chi connectivity index (χ1n) is 8.00. The molecular formula is C16H14F4N4O3. The number of alkyl halides is 3. The van der Waals surface area contributed by atoms with Crippen molar-refractivity contribution in [3.8, 4) is 5.69 Å². The quantitative estimate of drug-likeness (QED) is 0.816. The molecule has 0 spiro atoms. The molecule has 27 heavy (non-hydrogen) atoms. The number of carboxylic acids is 1. The highest BCUT2D eigenvalue weighted by atomic mass is 19.4. The normalized spacial score (nSPS) is 17.3. The second-order valence-corrected chi connectivity index (χ2v) is 6.07. The van der Waals surface area contributed by atoms with E-state index in [9.17, 15) is 27.2 Å². The van der Waals surface area contributed by atoms with Gasteiger partial charge in [0.25, 0.3) is 5.91 Å². The van der Waals surface area contributed by atoms with Gasteiger partial charge in [0.1, 0.15) is 5.82 Å². The Kier molecular flexibility index (Phi) is 4.85. The van der Waals surface area contributed by atoms with Crippen molar-refractivity contribution in [2.45, 2.75) is 31.5 Å². The van der Waals surface area contributed by atoms with Gasteiger partial charge in [-0.3, -0.25) is 9.59 Å². The van der Waals surface area contributed by atoms with E-state index in [2.05, 4.69) is 10.3 Å². The molecule has 3 rings (SSSR count). The lowest BCUT2D eigenvalue weighted by Crippen LogP contribution is -2.38. The third-order valence-electron chi connectivity index (χ3n) is 4.24. The van der Waals surface area contributed by atoms with E-state index in [1.807, 2.05) is 0 Å². The van der Waals surface area contributed by atoms with Crippen molar-refractivity contribution >= 4 is 11.9 Å². The van der Waals surface area contributed by atoms with E-state index >= 15 is 0 Å². The van der Waals surface area contributed by atoms with Gasteiger partial charge < -0.3 is 10.0 Å². The number of carbonyl (C=O) groups is 2. The summed E-state index contributed by atoms with van der Waals surface area (Å²) in [6.45, 7) is 0.126. The number of likely N-dealkylation sites (tertiary alicyclic amines) is 1. The number of amides is 1. The van der Waals surface area contributed by atoms with Crippen LogP contribution in [0.4, 0.5) is 17.6 Å². The Labute approximate surface area is 150 Å². The number of carbonyl (C=O) groups excluding carboxylic acids is 1. The molecule has 7 nitrogen and oxygen atoms in total. The Hall–Kier alpha value is -2.98. The molecule has 1 aliphatic heterocycles. The summed E-state index contributed by atoms with van der Waals surface area (Å²) in [5.74, 6) is -2.97. The third-order valence-corrected chi connectivity index (χ3v) is 4.24. The number of benzene rings is 1. The molecule has 1 atom stereocenters. The van der Waals surface area contributed by atoms with Crippen LogP contribution in [0.3, 0.4) is 0 Å². The van der Waals surface area contributed by atoms with Crippen molar-refractivity contribution in [2.24, 2.45) is 0 Å².